The molecule has 0 saturated heterocycles. The van der Waals surface area contributed by atoms with Crippen LogP contribution in [0.3, 0.4) is 0 Å². The monoisotopic (exact) mass is 347 g/mol. The SMILES string of the molecule is CCc1ccc(CC)c(C(N)c2ccc(Br)cc2OC)c1. The van der Waals surface area contributed by atoms with Crippen molar-refractivity contribution < 1.29 is 4.74 Å². The van der Waals surface area contributed by atoms with E-state index in [9.17, 15) is 0 Å². The summed E-state index contributed by atoms with van der Waals surface area (Å²) >= 11 is 3.47. The predicted molar refractivity (Wildman–Crippen MR) is 91.9 cm³/mol. The standard InChI is InChI=1S/C18H22BrNO/c1-4-12-6-7-13(5-2)16(10-12)18(20)15-9-8-14(19)11-17(15)21-3/h6-11,18H,4-5,20H2,1-3H3. The third-order valence-electron chi connectivity index (χ3n) is 3.87. The maximum atomic E-state index is 6.55. The van der Waals surface area contributed by atoms with Crippen molar-refractivity contribution in [2.75, 3.05) is 7.11 Å². The van der Waals surface area contributed by atoms with Crippen molar-refractivity contribution >= 4 is 15.9 Å². The molecule has 0 aliphatic heterocycles. The van der Waals surface area contributed by atoms with E-state index in [1.54, 1.807) is 7.11 Å². The smallest absolute Gasteiger partial charge is 0.125 e. The van der Waals surface area contributed by atoms with Gasteiger partial charge in [0.05, 0.1) is 13.2 Å². The fraction of sp³-hybridized carbons (Fsp3) is 0.333. The van der Waals surface area contributed by atoms with Crippen LogP contribution < -0.4 is 10.5 Å². The summed E-state index contributed by atoms with van der Waals surface area (Å²) in [5.41, 5.74) is 11.4. The molecule has 0 aromatic heterocycles. The number of nitrogens with two attached hydrogens (primary N) is 1. The van der Waals surface area contributed by atoms with Gasteiger partial charge >= 0.3 is 0 Å². The summed E-state index contributed by atoms with van der Waals surface area (Å²) in [4.78, 5) is 0. The number of aryl methyl sites for hydroxylation is 2. The molecule has 2 rings (SSSR count). The fourth-order valence-corrected chi connectivity index (χ4v) is 2.93. The Morgan fingerprint density at radius 1 is 1.05 bits per heavy atom. The van der Waals surface area contributed by atoms with Crippen molar-refractivity contribution in [3.63, 3.8) is 0 Å². The molecule has 2 aromatic carbocycles. The molecule has 0 aliphatic rings. The summed E-state index contributed by atoms with van der Waals surface area (Å²) in [6, 6.07) is 12.4. The van der Waals surface area contributed by atoms with Crippen LogP contribution in [-0.2, 0) is 12.8 Å². The largest absolute Gasteiger partial charge is 0.496 e. The van der Waals surface area contributed by atoms with Gasteiger partial charge in [-0.15, -0.1) is 0 Å². The molecule has 0 spiro atoms. The highest BCUT2D eigenvalue weighted by Crippen LogP contribution is 2.32. The Bertz CT molecular complexity index is 625. The van der Waals surface area contributed by atoms with Crippen LogP contribution in [0.4, 0.5) is 0 Å². The van der Waals surface area contributed by atoms with Gasteiger partial charge in [0.15, 0.2) is 0 Å². The summed E-state index contributed by atoms with van der Waals surface area (Å²) in [5.74, 6) is 0.820. The highest BCUT2D eigenvalue weighted by molar-refractivity contribution is 9.10. The quantitative estimate of drug-likeness (QED) is 0.855. The second-order valence-electron chi connectivity index (χ2n) is 5.10. The average molecular weight is 348 g/mol. The highest BCUT2D eigenvalue weighted by atomic mass is 79.9. The van der Waals surface area contributed by atoms with Gasteiger partial charge in [-0.2, -0.15) is 0 Å². The van der Waals surface area contributed by atoms with E-state index in [0.29, 0.717) is 0 Å². The second kappa shape index (κ2) is 7.10. The maximum Gasteiger partial charge on any atom is 0.125 e. The molecule has 0 amide bonds. The molecule has 0 bridgehead atoms. The zero-order valence-corrected chi connectivity index (χ0v) is 14.4. The van der Waals surface area contributed by atoms with Crippen molar-refractivity contribution in [3.8, 4) is 5.75 Å². The fourth-order valence-electron chi connectivity index (χ4n) is 2.59. The zero-order chi connectivity index (χ0) is 15.4. The molecular formula is C18H22BrNO. The van der Waals surface area contributed by atoms with Crippen LogP contribution in [0.25, 0.3) is 0 Å². The number of hydrogen-bond acceptors (Lipinski definition) is 2. The summed E-state index contributed by atoms with van der Waals surface area (Å²) in [6.07, 6.45) is 1.99. The minimum absolute atomic E-state index is 0.172. The lowest BCUT2D eigenvalue weighted by Crippen LogP contribution is -2.15. The molecule has 0 aliphatic carbocycles. The first kappa shape index (κ1) is 16.1. The van der Waals surface area contributed by atoms with Gasteiger partial charge in [0.2, 0.25) is 0 Å². The van der Waals surface area contributed by atoms with E-state index in [1.807, 2.05) is 18.2 Å². The number of benzene rings is 2. The number of halogens is 1. The topological polar surface area (TPSA) is 35.2 Å². The molecule has 2 nitrogen and oxygen atoms in total. The molecule has 21 heavy (non-hydrogen) atoms. The summed E-state index contributed by atoms with van der Waals surface area (Å²) in [5, 5.41) is 0. The molecule has 2 aromatic rings. The van der Waals surface area contributed by atoms with E-state index in [-0.39, 0.29) is 6.04 Å². The van der Waals surface area contributed by atoms with Gasteiger partial charge in [-0.25, -0.2) is 0 Å². The Kier molecular flexibility index (Phi) is 5.43. The van der Waals surface area contributed by atoms with E-state index in [1.165, 1.54) is 16.7 Å². The first-order valence-corrected chi connectivity index (χ1v) is 8.10. The van der Waals surface area contributed by atoms with E-state index >= 15 is 0 Å². The van der Waals surface area contributed by atoms with Crippen LogP contribution in [-0.4, -0.2) is 7.11 Å². The first-order chi connectivity index (χ1) is 10.1. The Balaban J connectivity index is 2.50. The zero-order valence-electron chi connectivity index (χ0n) is 12.8. The minimum atomic E-state index is -0.172. The minimum Gasteiger partial charge on any atom is -0.496 e. The van der Waals surface area contributed by atoms with Crippen molar-refractivity contribution in [1.29, 1.82) is 0 Å². The van der Waals surface area contributed by atoms with Gasteiger partial charge in [0.1, 0.15) is 5.75 Å². The molecule has 112 valence electrons. The Morgan fingerprint density at radius 2 is 1.81 bits per heavy atom. The molecule has 2 N–H and O–H groups in total. The van der Waals surface area contributed by atoms with E-state index in [4.69, 9.17) is 10.5 Å². The lowest BCUT2D eigenvalue weighted by Gasteiger charge is -2.20. The number of methoxy groups -OCH3 is 1. The highest BCUT2D eigenvalue weighted by Gasteiger charge is 2.17. The molecular weight excluding hydrogens is 326 g/mol. The average Bonchev–Trinajstić information content (AvgIpc) is 2.53. The van der Waals surface area contributed by atoms with Crippen LogP contribution in [0.2, 0.25) is 0 Å². The summed E-state index contributed by atoms with van der Waals surface area (Å²) in [7, 11) is 1.68. The molecule has 1 atom stereocenters. The summed E-state index contributed by atoms with van der Waals surface area (Å²) < 4.78 is 6.48. The third-order valence-corrected chi connectivity index (χ3v) is 4.36. The summed E-state index contributed by atoms with van der Waals surface area (Å²) in [6.45, 7) is 4.33. The van der Waals surface area contributed by atoms with E-state index in [2.05, 4.69) is 48.0 Å². The van der Waals surface area contributed by atoms with Crippen LogP contribution in [0, 0.1) is 0 Å². The maximum absolute atomic E-state index is 6.55. The number of hydrogen-bond donors (Lipinski definition) is 1. The Labute approximate surface area is 135 Å². The Hall–Kier alpha value is -1.32. The van der Waals surface area contributed by atoms with Crippen molar-refractivity contribution in [2.24, 2.45) is 5.73 Å². The van der Waals surface area contributed by atoms with Crippen molar-refractivity contribution in [1.82, 2.24) is 0 Å². The van der Waals surface area contributed by atoms with Crippen LogP contribution in [0.5, 0.6) is 5.75 Å². The molecule has 1 unspecified atom stereocenters. The van der Waals surface area contributed by atoms with Crippen LogP contribution >= 0.6 is 15.9 Å². The van der Waals surface area contributed by atoms with E-state index in [0.717, 1.165) is 28.6 Å². The van der Waals surface area contributed by atoms with Gasteiger partial charge in [0.25, 0.3) is 0 Å². The third kappa shape index (κ3) is 3.47. The van der Waals surface area contributed by atoms with Gasteiger partial charge < -0.3 is 10.5 Å². The molecule has 0 radical (unpaired) electrons. The number of rotatable bonds is 5. The molecule has 0 saturated carbocycles. The van der Waals surface area contributed by atoms with Gasteiger partial charge in [-0.05, 0) is 41.7 Å². The molecule has 3 heteroatoms. The van der Waals surface area contributed by atoms with Crippen LogP contribution in [0.1, 0.15) is 42.1 Å². The van der Waals surface area contributed by atoms with E-state index < -0.39 is 0 Å². The molecule has 0 heterocycles. The number of ether oxygens (including phenoxy) is 1. The molecule has 0 fully saturated rings. The van der Waals surface area contributed by atoms with Gasteiger partial charge in [0, 0.05) is 10.0 Å². The van der Waals surface area contributed by atoms with Crippen molar-refractivity contribution in [2.45, 2.75) is 32.7 Å². The second-order valence-corrected chi connectivity index (χ2v) is 6.02. The lowest BCUT2D eigenvalue weighted by molar-refractivity contribution is 0.407. The predicted octanol–water partition coefficient (Wildman–Crippen LogP) is 4.63. The Morgan fingerprint density at radius 3 is 2.43 bits per heavy atom. The normalized spacial score (nSPS) is 12.2. The van der Waals surface area contributed by atoms with Gasteiger partial charge in [-0.3, -0.25) is 0 Å². The first-order valence-electron chi connectivity index (χ1n) is 7.31. The lowest BCUT2D eigenvalue weighted by atomic mass is 9.91. The van der Waals surface area contributed by atoms with Crippen LogP contribution in [0.15, 0.2) is 40.9 Å². The van der Waals surface area contributed by atoms with Crippen molar-refractivity contribution in [3.05, 3.63) is 63.1 Å². The van der Waals surface area contributed by atoms with Gasteiger partial charge in [-0.1, -0.05) is 54.0 Å².